The number of allylic oxidation sites excluding steroid dienone is 1. The molecule has 0 aliphatic carbocycles. The van der Waals surface area contributed by atoms with E-state index in [-0.39, 0.29) is 17.7 Å². The van der Waals surface area contributed by atoms with E-state index in [2.05, 4.69) is 22.4 Å². The van der Waals surface area contributed by atoms with E-state index in [1.54, 1.807) is 30.2 Å². The van der Waals surface area contributed by atoms with Crippen molar-refractivity contribution in [2.24, 2.45) is 0 Å². The largest absolute Gasteiger partial charge is 0.504 e. The lowest BCUT2D eigenvalue weighted by Crippen LogP contribution is -2.46. The van der Waals surface area contributed by atoms with Gasteiger partial charge < -0.3 is 24.4 Å². The minimum Gasteiger partial charge on any atom is -0.504 e. The fourth-order valence-electron chi connectivity index (χ4n) is 3.99. The van der Waals surface area contributed by atoms with Gasteiger partial charge >= 0.3 is 6.03 Å². The first-order valence-corrected chi connectivity index (χ1v) is 11.1. The van der Waals surface area contributed by atoms with Crippen molar-refractivity contribution in [3.8, 4) is 28.6 Å². The molecule has 0 saturated heterocycles. The third kappa shape index (κ3) is 4.41. The van der Waals surface area contributed by atoms with Crippen molar-refractivity contribution >= 4 is 11.6 Å². The number of hydrogen-bond donors (Lipinski definition) is 2. The van der Waals surface area contributed by atoms with E-state index in [1.165, 1.54) is 7.11 Å². The zero-order valence-corrected chi connectivity index (χ0v) is 19.7. The van der Waals surface area contributed by atoms with Gasteiger partial charge in [-0.3, -0.25) is 4.90 Å². The number of nitrogens with one attached hydrogen (secondary N) is 1. The Kier molecular flexibility index (Phi) is 6.72. The maximum atomic E-state index is 13.0. The van der Waals surface area contributed by atoms with E-state index in [9.17, 15) is 9.90 Å². The standard InChI is InChI=1S/C25H28N4O5/c1-5-6-12-29-15(2)21(22(26-25(29)31)16-10-11-20(33-4)19(30)14-16)24-27-23(28-34-24)17-8-7-9-18(13-17)32-3/h7-11,13-14,22,30H,5-6,12H2,1-4H3,(H,26,31). The first kappa shape index (κ1) is 23.2. The van der Waals surface area contributed by atoms with Crippen LogP contribution in [0.1, 0.15) is 44.2 Å². The van der Waals surface area contributed by atoms with Crippen LogP contribution in [-0.2, 0) is 0 Å². The van der Waals surface area contributed by atoms with Crippen LogP contribution in [0.5, 0.6) is 17.2 Å². The first-order chi connectivity index (χ1) is 16.5. The van der Waals surface area contributed by atoms with Crippen molar-refractivity contribution in [3.63, 3.8) is 0 Å². The summed E-state index contributed by atoms with van der Waals surface area (Å²) in [7, 11) is 3.08. The normalized spacial score (nSPS) is 15.9. The number of methoxy groups -OCH3 is 2. The molecule has 2 N–H and O–H groups in total. The molecular formula is C25H28N4O5. The van der Waals surface area contributed by atoms with E-state index < -0.39 is 6.04 Å². The number of urea groups is 1. The summed E-state index contributed by atoms with van der Waals surface area (Å²) in [5.41, 5.74) is 2.80. The second-order valence-corrected chi connectivity index (χ2v) is 7.97. The van der Waals surface area contributed by atoms with Crippen LogP contribution >= 0.6 is 0 Å². The number of phenols is 1. The van der Waals surface area contributed by atoms with Gasteiger partial charge in [0.25, 0.3) is 5.89 Å². The molecule has 178 valence electrons. The molecule has 1 aliphatic rings. The molecular weight excluding hydrogens is 436 g/mol. The number of unbranched alkanes of at least 4 members (excludes halogenated alkanes) is 1. The van der Waals surface area contributed by atoms with E-state index in [0.717, 1.165) is 24.1 Å². The lowest BCUT2D eigenvalue weighted by Gasteiger charge is -2.35. The first-order valence-electron chi connectivity index (χ1n) is 11.1. The van der Waals surface area contributed by atoms with Gasteiger partial charge in [-0.1, -0.05) is 36.7 Å². The van der Waals surface area contributed by atoms with Gasteiger partial charge in [-0.25, -0.2) is 4.79 Å². The molecule has 4 rings (SSSR count). The van der Waals surface area contributed by atoms with Crippen LogP contribution < -0.4 is 14.8 Å². The molecule has 34 heavy (non-hydrogen) atoms. The Bertz CT molecular complexity index is 1220. The van der Waals surface area contributed by atoms with Crippen LogP contribution in [0, 0.1) is 0 Å². The summed E-state index contributed by atoms with van der Waals surface area (Å²) < 4.78 is 16.2. The predicted octanol–water partition coefficient (Wildman–Crippen LogP) is 4.76. The number of nitrogens with zero attached hydrogens (tertiary/aromatic N) is 3. The topological polar surface area (TPSA) is 110 Å². The van der Waals surface area contributed by atoms with Gasteiger partial charge in [-0.2, -0.15) is 4.98 Å². The van der Waals surface area contributed by atoms with Crippen LogP contribution in [0.3, 0.4) is 0 Å². The molecule has 2 aromatic carbocycles. The summed E-state index contributed by atoms with van der Waals surface area (Å²) >= 11 is 0. The summed E-state index contributed by atoms with van der Waals surface area (Å²) in [5.74, 6) is 1.69. The van der Waals surface area contributed by atoms with Crippen molar-refractivity contribution in [2.45, 2.75) is 32.7 Å². The van der Waals surface area contributed by atoms with E-state index in [4.69, 9.17) is 14.0 Å². The molecule has 9 heteroatoms. The maximum Gasteiger partial charge on any atom is 0.322 e. The van der Waals surface area contributed by atoms with Crippen LogP contribution in [0.25, 0.3) is 17.0 Å². The number of carbonyl (C=O) groups excluding carboxylic acids is 1. The molecule has 0 radical (unpaired) electrons. The zero-order valence-electron chi connectivity index (χ0n) is 19.7. The van der Waals surface area contributed by atoms with Gasteiger partial charge in [0, 0.05) is 17.8 Å². The lowest BCUT2D eigenvalue weighted by molar-refractivity contribution is 0.204. The van der Waals surface area contributed by atoms with Gasteiger partial charge in [0.15, 0.2) is 11.5 Å². The Morgan fingerprint density at radius 2 is 2.00 bits per heavy atom. The smallest absolute Gasteiger partial charge is 0.322 e. The Morgan fingerprint density at radius 3 is 2.71 bits per heavy atom. The number of carbonyl (C=O) groups is 1. The fourth-order valence-corrected chi connectivity index (χ4v) is 3.99. The highest BCUT2D eigenvalue weighted by Gasteiger charge is 2.35. The van der Waals surface area contributed by atoms with Gasteiger partial charge in [-0.15, -0.1) is 0 Å². The van der Waals surface area contributed by atoms with Gasteiger partial charge in [0.05, 0.1) is 25.8 Å². The quantitative estimate of drug-likeness (QED) is 0.495. The lowest BCUT2D eigenvalue weighted by atomic mass is 9.94. The highest BCUT2D eigenvalue weighted by atomic mass is 16.5. The Hall–Kier alpha value is -4.01. The third-order valence-electron chi connectivity index (χ3n) is 5.85. The number of hydrogen-bond acceptors (Lipinski definition) is 7. The predicted molar refractivity (Wildman–Crippen MR) is 126 cm³/mol. The van der Waals surface area contributed by atoms with Crippen molar-refractivity contribution in [1.82, 2.24) is 20.4 Å². The second-order valence-electron chi connectivity index (χ2n) is 7.97. The number of aromatic nitrogens is 2. The number of aromatic hydroxyl groups is 1. The van der Waals surface area contributed by atoms with Gasteiger partial charge in [-0.05, 0) is 43.2 Å². The van der Waals surface area contributed by atoms with Crippen molar-refractivity contribution < 1.29 is 23.9 Å². The van der Waals surface area contributed by atoms with Crippen molar-refractivity contribution in [2.75, 3.05) is 20.8 Å². The van der Waals surface area contributed by atoms with Crippen LogP contribution in [0.2, 0.25) is 0 Å². The molecule has 0 bridgehead atoms. The SMILES string of the molecule is CCCCN1C(=O)NC(c2ccc(OC)c(O)c2)C(c2nc(-c3cccc(OC)c3)no2)=C1C. The number of benzene rings is 2. The van der Waals surface area contributed by atoms with Crippen LogP contribution in [-0.4, -0.2) is 46.9 Å². The number of phenolic OH excluding ortho intramolecular Hbond substituents is 1. The summed E-state index contributed by atoms with van der Waals surface area (Å²) in [6, 6.07) is 11.6. The average molecular weight is 465 g/mol. The molecule has 1 aliphatic heterocycles. The van der Waals surface area contributed by atoms with Crippen molar-refractivity contribution in [3.05, 3.63) is 59.6 Å². The molecule has 3 aromatic rings. The molecule has 2 heterocycles. The van der Waals surface area contributed by atoms with Gasteiger partial charge in [0.1, 0.15) is 5.75 Å². The third-order valence-corrected chi connectivity index (χ3v) is 5.85. The minimum atomic E-state index is -0.596. The maximum absolute atomic E-state index is 13.0. The number of rotatable bonds is 8. The summed E-state index contributed by atoms with van der Waals surface area (Å²) in [4.78, 5) is 19.3. The van der Waals surface area contributed by atoms with Gasteiger partial charge in [0.2, 0.25) is 5.82 Å². The summed E-state index contributed by atoms with van der Waals surface area (Å²) in [6.45, 7) is 4.51. The highest BCUT2D eigenvalue weighted by Crippen LogP contribution is 2.40. The molecule has 0 spiro atoms. The molecule has 1 aromatic heterocycles. The summed E-state index contributed by atoms with van der Waals surface area (Å²) in [5, 5.41) is 17.6. The monoisotopic (exact) mass is 464 g/mol. The van der Waals surface area contributed by atoms with E-state index in [0.29, 0.717) is 35.0 Å². The Morgan fingerprint density at radius 1 is 1.18 bits per heavy atom. The number of ether oxygens (including phenoxy) is 2. The van der Waals surface area contributed by atoms with Crippen LogP contribution in [0.4, 0.5) is 4.79 Å². The number of amides is 2. The van der Waals surface area contributed by atoms with Crippen LogP contribution in [0.15, 0.2) is 52.7 Å². The molecule has 0 saturated carbocycles. The van der Waals surface area contributed by atoms with E-state index in [1.807, 2.05) is 31.2 Å². The second kappa shape index (κ2) is 9.86. The van der Waals surface area contributed by atoms with E-state index >= 15 is 0 Å². The average Bonchev–Trinajstić information content (AvgIpc) is 3.33. The zero-order chi connectivity index (χ0) is 24.2. The molecule has 1 unspecified atom stereocenters. The summed E-state index contributed by atoms with van der Waals surface area (Å²) in [6.07, 6.45) is 1.80. The fraction of sp³-hybridized carbons (Fsp3) is 0.320. The molecule has 0 fully saturated rings. The Balaban J connectivity index is 1.80. The molecule has 1 atom stereocenters. The minimum absolute atomic E-state index is 0.0257. The highest BCUT2D eigenvalue weighted by molar-refractivity contribution is 5.87. The van der Waals surface area contributed by atoms with Crippen molar-refractivity contribution in [1.29, 1.82) is 0 Å². The Labute approximate surface area is 198 Å². The molecule has 2 amide bonds. The molecule has 9 nitrogen and oxygen atoms in total.